The molecule has 0 unspecified atom stereocenters. The summed E-state index contributed by atoms with van der Waals surface area (Å²) < 4.78 is 4.98. The summed E-state index contributed by atoms with van der Waals surface area (Å²) in [5, 5.41) is 3.25. The lowest BCUT2D eigenvalue weighted by molar-refractivity contribution is 0.0596. The van der Waals surface area contributed by atoms with Gasteiger partial charge in [-0.3, -0.25) is 14.4 Å². The first-order valence-corrected chi connectivity index (χ1v) is 13.5. The maximum absolute atomic E-state index is 13.8. The number of carbonyl (C=O) groups excluding carboxylic acids is 4. The summed E-state index contributed by atoms with van der Waals surface area (Å²) in [4.78, 5) is 54.2. The minimum atomic E-state index is -0.730. The van der Waals surface area contributed by atoms with Gasteiger partial charge in [0, 0.05) is 34.8 Å². The smallest absolute Gasteiger partial charge is 0.338 e. The largest absolute Gasteiger partial charge is 0.465 e. The van der Waals surface area contributed by atoms with Gasteiger partial charge in [-0.25, -0.2) is 4.79 Å². The van der Waals surface area contributed by atoms with Crippen LogP contribution in [0.4, 0.5) is 11.4 Å². The molecule has 4 aromatic rings. The second-order valence-corrected chi connectivity index (χ2v) is 10.2. The van der Waals surface area contributed by atoms with E-state index in [4.69, 9.17) is 16.3 Å². The number of halogens is 1. The van der Waals surface area contributed by atoms with Gasteiger partial charge in [-0.1, -0.05) is 59.6 Å². The Kier molecular flexibility index (Phi) is 7.99. The lowest BCUT2D eigenvalue weighted by Crippen LogP contribution is -2.33. The molecular formula is C33H27ClN2O5. The molecule has 0 saturated heterocycles. The zero-order valence-electron chi connectivity index (χ0n) is 22.6. The maximum Gasteiger partial charge on any atom is 0.338 e. The molecule has 1 aliphatic rings. The first-order chi connectivity index (χ1) is 19.8. The van der Waals surface area contributed by atoms with Crippen molar-refractivity contribution in [2.24, 2.45) is 0 Å². The standard InChI is InChI=1S/C33H27ClN2O5/c1-20-7-5-8-21(17-20)24-9-3-4-10-25(24)31(38)35-23-13-14-26(27(19-23)33(40)41-2)32(39)36-16-6-11-30(37)28-18-22(34)12-15-29(28)36/h3-5,7-10,12-15,17-19H,6,11,16H2,1-2H3,(H,35,38). The van der Waals surface area contributed by atoms with Crippen LogP contribution in [0.1, 0.15) is 59.8 Å². The number of carbonyl (C=O) groups is 4. The van der Waals surface area contributed by atoms with Crippen LogP contribution in [0.3, 0.4) is 0 Å². The number of ether oxygens (including phenoxy) is 1. The highest BCUT2D eigenvalue weighted by atomic mass is 35.5. The SMILES string of the molecule is COC(=O)c1cc(NC(=O)c2ccccc2-c2cccc(C)c2)ccc1C(=O)N1CCCC(=O)c2cc(Cl)ccc21. The Bertz CT molecular complexity index is 1700. The minimum Gasteiger partial charge on any atom is -0.465 e. The normalized spacial score (nSPS) is 12.8. The number of fused-ring (bicyclic) bond motifs is 1. The quantitative estimate of drug-likeness (QED) is 0.263. The number of nitrogens with zero attached hydrogens (tertiary/aromatic N) is 1. The summed E-state index contributed by atoms with van der Waals surface area (Å²) >= 11 is 6.13. The third-order valence-electron chi connectivity index (χ3n) is 6.99. The first kappa shape index (κ1) is 27.8. The molecule has 206 valence electrons. The van der Waals surface area contributed by atoms with E-state index >= 15 is 0 Å². The van der Waals surface area contributed by atoms with Gasteiger partial charge in [0.05, 0.1) is 23.9 Å². The number of ketones is 1. The molecule has 2 amide bonds. The molecule has 1 aliphatic heterocycles. The number of nitrogens with one attached hydrogen (secondary N) is 1. The molecule has 0 fully saturated rings. The topological polar surface area (TPSA) is 92.8 Å². The molecule has 4 aromatic carbocycles. The van der Waals surface area contributed by atoms with Gasteiger partial charge in [0.25, 0.3) is 11.8 Å². The fourth-order valence-corrected chi connectivity index (χ4v) is 5.18. The Hall–Kier alpha value is -4.75. The fourth-order valence-electron chi connectivity index (χ4n) is 5.01. The highest BCUT2D eigenvalue weighted by Gasteiger charge is 2.29. The van der Waals surface area contributed by atoms with Crippen LogP contribution in [0.2, 0.25) is 5.02 Å². The van der Waals surface area contributed by atoms with Gasteiger partial charge in [-0.05, 0) is 66.9 Å². The molecule has 0 radical (unpaired) electrons. The van der Waals surface area contributed by atoms with E-state index in [-0.39, 0.29) is 35.8 Å². The van der Waals surface area contributed by atoms with Crippen molar-refractivity contribution in [3.63, 3.8) is 0 Å². The van der Waals surface area contributed by atoms with Crippen LogP contribution in [-0.2, 0) is 4.74 Å². The van der Waals surface area contributed by atoms with Gasteiger partial charge in [0.2, 0.25) is 0 Å². The summed E-state index contributed by atoms with van der Waals surface area (Å²) in [5.74, 6) is -1.66. The monoisotopic (exact) mass is 566 g/mol. The summed E-state index contributed by atoms with van der Waals surface area (Å²) in [6.07, 6.45) is 0.731. The number of benzene rings is 4. The Morgan fingerprint density at radius 2 is 1.66 bits per heavy atom. The van der Waals surface area contributed by atoms with Crippen LogP contribution in [0.5, 0.6) is 0 Å². The lowest BCUT2D eigenvalue weighted by atomic mass is 9.97. The van der Waals surface area contributed by atoms with E-state index in [9.17, 15) is 19.2 Å². The average Bonchev–Trinajstić information content (AvgIpc) is 3.14. The Morgan fingerprint density at radius 3 is 2.44 bits per heavy atom. The van der Waals surface area contributed by atoms with E-state index < -0.39 is 11.9 Å². The Balaban J connectivity index is 1.48. The molecule has 1 heterocycles. The number of anilines is 2. The van der Waals surface area contributed by atoms with E-state index in [2.05, 4.69) is 5.32 Å². The second kappa shape index (κ2) is 11.8. The van der Waals surface area contributed by atoms with Crippen LogP contribution in [0.15, 0.2) is 84.9 Å². The molecule has 0 bridgehead atoms. The predicted octanol–water partition coefficient (Wildman–Crippen LogP) is 6.98. The molecular weight excluding hydrogens is 540 g/mol. The predicted molar refractivity (Wildman–Crippen MR) is 159 cm³/mol. The van der Waals surface area contributed by atoms with E-state index in [0.29, 0.717) is 33.9 Å². The van der Waals surface area contributed by atoms with Crippen LogP contribution in [-0.4, -0.2) is 37.2 Å². The van der Waals surface area contributed by atoms with Gasteiger partial charge in [0.1, 0.15) is 0 Å². The highest BCUT2D eigenvalue weighted by molar-refractivity contribution is 6.31. The number of esters is 1. The highest BCUT2D eigenvalue weighted by Crippen LogP contribution is 2.32. The van der Waals surface area contributed by atoms with Gasteiger partial charge < -0.3 is 15.0 Å². The van der Waals surface area contributed by atoms with Gasteiger partial charge in [0.15, 0.2) is 5.78 Å². The summed E-state index contributed by atoms with van der Waals surface area (Å²) in [7, 11) is 1.22. The van der Waals surface area contributed by atoms with E-state index in [1.165, 1.54) is 24.1 Å². The van der Waals surface area contributed by atoms with E-state index in [0.717, 1.165) is 16.7 Å². The van der Waals surface area contributed by atoms with Crippen molar-refractivity contribution in [2.45, 2.75) is 19.8 Å². The zero-order valence-corrected chi connectivity index (χ0v) is 23.3. The summed E-state index contributed by atoms with van der Waals surface area (Å²) in [6, 6.07) is 24.4. The van der Waals surface area contributed by atoms with Crippen molar-refractivity contribution in [1.29, 1.82) is 0 Å². The number of hydrogen-bond donors (Lipinski definition) is 1. The summed E-state index contributed by atoms with van der Waals surface area (Å²) in [5.41, 5.74) is 4.40. The van der Waals surface area contributed by atoms with Crippen molar-refractivity contribution < 1.29 is 23.9 Å². The summed E-state index contributed by atoms with van der Waals surface area (Å²) in [6.45, 7) is 2.27. The first-order valence-electron chi connectivity index (χ1n) is 13.1. The molecule has 41 heavy (non-hydrogen) atoms. The van der Waals surface area contributed by atoms with Crippen molar-refractivity contribution in [3.8, 4) is 11.1 Å². The zero-order chi connectivity index (χ0) is 29.1. The molecule has 0 atom stereocenters. The van der Waals surface area contributed by atoms with Crippen LogP contribution in [0.25, 0.3) is 11.1 Å². The molecule has 1 N–H and O–H groups in total. The van der Waals surface area contributed by atoms with Crippen molar-refractivity contribution in [2.75, 3.05) is 23.9 Å². The van der Waals surface area contributed by atoms with E-state index in [1.807, 2.05) is 43.3 Å². The lowest BCUT2D eigenvalue weighted by Gasteiger charge is -2.24. The van der Waals surface area contributed by atoms with Crippen molar-refractivity contribution >= 4 is 46.5 Å². The number of methoxy groups -OCH3 is 1. The average molecular weight is 567 g/mol. The number of amides is 2. The van der Waals surface area contributed by atoms with Gasteiger partial charge in [-0.15, -0.1) is 0 Å². The number of hydrogen-bond acceptors (Lipinski definition) is 5. The second-order valence-electron chi connectivity index (χ2n) is 9.77. The Morgan fingerprint density at radius 1 is 0.854 bits per heavy atom. The van der Waals surface area contributed by atoms with Crippen LogP contribution < -0.4 is 10.2 Å². The molecule has 0 saturated carbocycles. The fraction of sp³-hybridized carbons (Fsp3) is 0.152. The molecule has 0 spiro atoms. The molecule has 8 heteroatoms. The Labute approximate surface area is 242 Å². The molecule has 0 aliphatic carbocycles. The minimum absolute atomic E-state index is 0.00615. The van der Waals surface area contributed by atoms with Gasteiger partial charge in [-0.2, -0.15) is 0 Å². The number of rotatable bonds is 5. The van der Waals surface area contributed by atoms with Crippen molar-refractivity contribution in [1.82, 2.24) is 0 Å². The maximum atomic E-state index is 13.8. The third kappa shape index (κ3) is 5.76. The number of aryl methyl sites for hydroxylation is 1. The molecule has 0 aromatic heterocycles. The van der Waals surface area contributed by atoms with Crippen LogP contribution >= 0.6 is 11.6 Å². The molecule has 5 rings (SSSR count). The number of Topliss-reactive ketones (excluding diaryl/α,β-unsaturated/α-hetero) is 1. The third-order valence-corrected chi connectivity index (χ3v) is 7.23. The van der Waals surface area contributed by atoms with Gasteiger partial charge >= 0.3 is 5.97 Å². The van der Waals surface area contributed by atoms with Crippen molar-refractivity contribution in [3.05, 3.63) is 118 Å². The van der Waals surface area contributed by atoms with Crippen LogP contribution in [0, 0.1) is 6.92 Å². The molecule has 7 nitrogen and oxygen atoms in total. The van der Waals surface area contributed by atoms with E-state index in [1.54, 1.807) is 36.4 Å².